The third kappa shape index (κ3) is 2.76. The number of carboxylic acids is 1. The molecular weight excluding hydrogens is 298 g/mol. The Bertz CT molecular complexity index is 1050. The number of hydrogen-bond acceptors (Lipinski definition) is 1. The fourth-order valence-corrected chi connectivity index (χ4v) is 3.19. The normalized spacial score (nSPS) is 11.2. The first-order valence-corrected chi connectivity index (χ1v) is 7.96. The molecule has 1 N–H and O–H groups in total. The van der Waals surface area contributed by atoms with Gasteiger partial charge in [0.15, 0.2) is 0 Å². The van der Waals surface area contributed by atoms with E-state index in [0.717, 1.165) is 23.0 Å². The third-order valence-electron chi connectivity index (χ3n) is 4.36. The van der Waals surface area contributed by atoms with Crippen molar-refractivity contribution in [3.05, 3.63) is 84.1 Å². The largest absolute Gasteiger partial charge is 0.481 e. The van der Waals surface area contributed by atoms with Crippen LogP contribution in [0.5, 0.6) is 0 Å². The van der Waals surface area contributed by atoms with E-state index in [9.17, 15) is 4.79 Å². The van der Waals surface area contributed by atoms with Crippen LogP contribution in [0.4, 0.5) is 0 Å². The third-order valence-corrected chi connectivity index (χ3v) is 4.36. The van der Waals surface area contributed by atoms with Crippen LogP contribution in [-0.2, 0) is 17.8 Å². The standard InChI is InChI=1S/C21H17NO2/c23-21(24)13-15-5-8-18-9-10-22(20(18)12-15)14-16-6-7-17-3-1-2-4-19(17)11-16/h1-12H,13-14H2,(H,23,24). The minimum absolute atomic E-state index is 0.0527. The van der Waals surface area contributed by atoms with Crippen LogP contribution in [0.25, 0.3) is 21.7 Å². The van der Waals surface area contributed by atoms with Crippen molar-refractivity contribution in [3.8, 4) is 0 Å². The fourth-order valence-electron chi connectivity index (χ4n) is 3.19. The van der Waals surface area contributed by atoms with Crippen LogP contribution >= 0.6 is 0 Å². The molecule has 0 radical (unpaired) electrons. The van der Waals surface area contributed by atoms with Crippen molar-refractivity contribution in [1.82, 2.24) is 4.57 Å². The van der Waals surface area contributed by atoms with E-state index in [1.54, 1.807) is 0 Å². The van der Waals surface area contributed by atoms with Crippen molar-refractivity contribution in [3.63, 3.8) is 0 Å². The highest BCUT2D eigenvalue weighted by Crippen LogP contribution is 2.21. The number of aromatic nitrogens is 1. The second kappa shape index (κ2) is 5.85. The number of hydrogen-bond donors (Lipinski definition) is 1. The Morgan fingerprint density at radius 1 is 0.833 bits per heavy atom. The van der Waals surface area contributed by atoms with Gasteiger partial charge in [-0.1, -0.05) is 48.5 Å². The fraction of sp³-hybridized carbons (Fsp3) is 0.0952. The predicted octanol–water partition coefficient (Wildman–Crippen LogP) is 4.47. The Morgan fingerprint density at radius 2 is 1.58 bits per heavy atom. The van der Waals surface area contributed by atoms with E-state index in [2.05, 4.69) is 53.2 Å². The molecule has 0 saturated heterocycles. The van der Waals surface area contributed by atoms with Crippen molar-refractivity contribution in [2.75, 3.05) is 0 Å². The SMILES string of the molecule is O=C(O)Cc1ccc2ccn(Cc3ccc4ccccc4c3)c2c1. The van der Waals surface area contributed by atoms with Crippen LogP contribution in [0.15, 0.2) is 72.9 Å². The Labute approximate surface area is 139 Å². The Kier molecular flexibility index (Phi) is 3.54. The van der Waals surface area contributed by atoms with Crippen molar-refractivity contribution in [2.45, 2.75) is 13.0 Å². The molecule has 4 rings (SSSR count). The summed E-state index contributed by atoms with van der Waals surface area (Å²) in [5.41, 5.74) is 3.13. The molecule has 1 heterocycles. The minimum atomic E-state index is -0.804. The van der Waals surface area contributed by atoms with Crippen molar-refractivity contribution in [1.29, 1.82) is 0 Å². The molecule has 0 atom stereocenters. The lowest BCUT2D eigenvalue weighted by atomic mass is 10.1. The van der Waals surface area contributed by atoms with E-state index in [1.165, 1.54) is 16.3 Å². The van der Waals surface area contributed by atoms with Gasteiger partial charge in [0.1, 0.15) is 0 Å². The molecule has 0 unspecified atom stereocenters. The second-order valence-corrected chi connectivity index (χ2v) is 6.09. The molecule has 0 bridgehead atoms. The molecule has 118 valence electrons. The molecule has 4 aromatic rings. The number of benzene rings is 3. The summed E-state index contributed by atoms with van der Waals surface area (Å²) in [6, 6.07) is 22.8. The van der Waals surface area contributed by atoms with Gasteiger partial charge >= 0.3 is 5.97 Å². The zero-order valence-corrected chi connectivity index (χ0v) is 13.1. The Hall–Kier alpha value is -3.07. The van der Waals surface area contributed by atoms with Gasteiger partial charge < -0.3 is 9.67 Å². The van der Waals surface area contributed by atoms with Crippen LogP contribution in [0, 0.1) is 0 Å². The minimum Gasteiger partial charge on any atom is -0.481 e. The number of aliphatic carboxylic acids is 1. The number of rotatable bonds is 4. The molecule has 1 aromatic heterocycles. The van der Waals surface area contributed by atoms with E-state index >= 15 is 0 Å². The highest BCUT2D eigenvalue weighted by Gasteiger charge is 2.06. The Balaban J connectivity index is 1.71. The monoisotopic (exact) mass is 315 g/mol. The smallest absolute Gasteiger partial charge is 0.307 e. The Morgan fingerprint density at radius 3 is 2.42 bits per heavy atom. The first kappa shape index (κ1) is 14.5. The lowest BCUT2D eigenvalue weighted by molar-refractivity contribution is -0.136. The molecule has 0 aliphatic rings. The van der Waals surface area contributed by atoms with Crippen LogP contribution < -0.4 is 0 Å². The van der Waals surface area contributed by atoms with Gasteiger partial charge in [-0.3, -0.25) is 4.79 Å². The molecular formula is C21H17NO2. The average Bonchev–Trinajstić information content (AvgIpc) is 2.96. The van der Waals surface area contributed by atoms with Gasteiger partial charge in [-0.2, -0.15) is 0 Å². The van der Waals surface area contributed by atoms with Gasteiger partial charge in [0.25, 0.3) is 0 Å². The van der Waals surface area contributed by atoms with E-state index in [-0.39, 0.29) is 6.42 Å². The number of carboxylic acid groups (broad SMARTS) is 1. The van der Waals surface area contributed by atoms with Gasteiger partial charge in [-0.25, -0.2) is 0 Å². The summed E-state index contributed by atoms with van der Waals surface area (Å²) in [4.78, 5) is 10.9. The molecule has 0 aliphatic heterocycles. The predicted molar refractivity (Wildman–Crippen MR) is 96.3 cm³/mol. The van der Waals surface area contributed by atoms with E-state index < -0.39 is 5.97 Å². The molecule has 3 nitrogen and oxygen atoms in total. The topological polar surface area (TPSA) is 42.2 Å². The number of nitrogens with zero attached hydrogens (tertiary/aromatic N) is 1. The second-order valence-electron chi connectivity index (χ2n) is 6.09. The molecule has 0 aliphatic carbocycles. The zero-order chi connectivity index (χ0) is 16.5. The maximum atomic E-state index is 10.9. The summed E-state index contributed by atoms with van der Waals surface area (Å²) in [6.07, 6.45) is 2.11. The summed E-state index contributed by atoms with van der Waals surface area (Å²) >= 11 is 0. The maximum Gasteiger partial charge on any atom is 0.307 e. The van der Waals surface area contributed by atoms with Crippen LogP contribution in [-0.4, -0.2) is 15.6 Å². The van der Waals surface area contributed by atoms with Crippen LogP contribution in [0.3, 0.4) is 0 Å². The molecule has 3 heteroatoms. The molecule has 24 heavy (non-hydrogen) atoms. The average molecular weight is 315 g/mol. The number of fused-ring (bicyclic) bond motifs is 2. The van der Waals surface area contributed by atoms with Gasteiger partial charge in [-0.15, -0.1) is 0 Å². The number of carbonyl (C=O) groups is 1. The van der Waals surface area contributed by atoms with Crippen LogP contribution in [0.1, 0.15) is 11.1 Å². The van der Waals surface area contributed by atoms with Gasteiger partial charge in [0.2, 0.25) is 0 Å². The van der Waals surface area contributed by atoms with Crippen molar-refractivity contribution >= 4 is 27.6 Å². The quantitative estimate of drug-likeness (QED) is 0.604. The molecule has 0 spiro atoms. The lowest BCUT2D eigenvalue weighted by Crippen LogP contribution is -2.01. The lowest BCUT2D eigenvalue weighted by Gasteiger charge is -2.08. The first-order valence-electron chi connectivity index (χ1n) is 7.96. The van der Waals surface area contributed by atoms with Crippen LogP contribution in [0.2, 0.25) is 0 Å². The highest BCUT2D eigenvalue weighted by atomic mass is 16.4. The van der Waals surface area contributed by atoms with Gasteiger partial charge in [0.05, 0.1) is 6.42 Å². The molecule has 0 fully saturated rings. The zero-order valence-electron chi connectivity index (χ0n) is 13.1. The van der Waals surface area contributed by atoms with E-state index in [0.29, 0.717) is 0 Å². The van der Waals surface area contributed by atoms with Crippen molar-refractivity contribution < 1.29 is 9.90 Å². The molecule has 3 aromatic carbocycles. The van der Waals surface area contributed by atoms with E-state index in [4.69, 9.17) is 5.11 Å². The highest BCUT2D eigenvalue weighted by molar-refractivity contribution is 5.84. The van der Waals surface area contributed by atoms with Gasteiger partial charge in [-0.05, 0) is 45.5 Å². The van der Waals surface area contributed by atoms with E-state index in [1.807, 2.05) is 24.3 Å². The summed E-state index contributed by atoms with van der Waals surface area (Å²) in [5, 5.41) is 12.6. The molecule has 0 saturated carbocycles. The summed E-state index contributed by atoms with van der Waals surface area (Å²) in [5.74, 6) is -0.804. The first-order chi connectivity index (χ1) is 11.7. The maximum absolute atomic E-state index is 10.9. The van der Waals surface area contributed by atoms with Gasteiger partial charge in [0, 0.05) is 18.3 Å². The summed E-state index contributed by atoms with van der Waals surface area (Å²) < 4.78 is 2.17. The molecule has 0 amide bonds. The van der Waals surface area contributed by atoms with Crippen molar-refractivity contribution in [2.24, 2.45) is 0 Å². The summed E-state index contributed by atoms with van der Waals surface area (Å²) in [7, 11) is 0. The summed E-state index contributed by atoms with van der Waals surface area (Å²) in [6.45, 7) is 0.769.